The summed E-state index contributed by atoms with van der Waals surface area (Å²) in [5.74, 6) is 1.99. The van der Waals surface area contributed by atoms with Crippen LogP contribution in [0.4, 0.5) is 0 Å². The number of carbonyl (C=O) groups is 1. The van der Waals surface area contributed by atoms with Gasteiger partial charge >= 0.3 is 0 Å². The van der Waals surface area contributed by atoms with Crippen LogP contribution in [0.15, 0.2) is 42.6 Å². The first-order valence-electron chi connectivity index (χ1n) is 8.29. The van der Waals surface area contributed by atoms with Gasteiger partial charge < -0.3 is 19.7 Å². The minimum absolute atomic E-state index is 0.0504. The van der Waals surface area contributed by atoms with Crippen LogP contribution in [0, 0.1) is 0 Å². The molecular weight excluding hydrogens is 318 g/mol. The van der Waals surface area contributed by atoms with E-state index >= 15 is 0 Å². The van der Waals surface area contributed by atoms with Crippen molar-refractivity contribution in [2.75, 3.05) is 26.7 Å². The molecule has 1 N–H and O–H groups in total. The first kappa shape index (κ1) is 17.2. The van der Waals surface area contributed by atoms with E-state index < -0.39 is 0 Å². The highest BCUT2D eigenvalue weighted by atomic mass is 16.5. The molecule has 0 saturated carbocycles. The molecule has 1 aromatic heterocycles. The number of amides is 1. The number of benzene rings is 1. The lowest BCUT2D eigenvalue weighted by Crippen LogP contribution is -2.58. The number of carbonyl (C=O) groups excluding carboxylic acids is 1. The van der Waals surface area contributed by atoms with Gasteiger partial charge in [-0.2, -0.15) is 0 Å². The molecule has 0 aliphatic carbocycles. The van der Waals surface area contributed by atoms with Gasteiger partial charge in [-0.1, -0.05) is 0 Å². The van der Waals surface area contributed by atoms with Crippen molar-refractivity contribution in [3.05, 3.63) is 48.3 Å². The predicted octanol–water partition coefficient (Wildman–Crippen LogP) is 2.71. The van der Waals surface area contributed by atoms with Gasteiger partial charge in [0.2, 0.25) is 0 Å². The molecule has 132 valence electrons. The maximum Gasteiger partial charge on any atom is 0.272 e. The largest absolute Gasteiger partial charge is 0.497 e. The molecule has 2 heterocycles. The minimum atomic E-state index is -0.0780. The van der Waals surface area contributed by atoms with Crippen LogP contribution < -0.4 is 14.8 Å². The summed E-state index contributed by atoms with van der Waals surface area (Å²) in [7, 11) is 1.62. The maximum atomic E-state index is 12.6. The van der Waals surface area contributed by atoms with E-state index in [1.165, 1.54) is 0 Å². The zero-order valence-corrected chi connectivity index (χ0v) is 14.8. The van der Waals surface area contributed by atoms with Crippen LogP contribution in [-0.2, 0) is 0 Å². The van der Waals surface area contributed by atoms with Crippen molar-refractivity contribution in [2.45, 2.75) is 19.4 Å². The van der Waals surface area contributed by atoms with Crippen molar-refractivity contribution in [3.8, 4) is 17.2 Å². The van der Waals surface area contributed by atoms with Crippen molar-refractivity contribution < 1.29 is 14.3 Å². The molecule has 0 radical (unpaired) electrons. The Morgan fingerprint density at radius 3 is 2.40 bits per heavy atom. The highest BCUT2D eigenvalue weighted by molar-refractivity contribution is 5.92. The monoisotopic (exact) mass is 341 g/mol. The van der Waals surface area contributed by atoms with Crippen molar-refractivity contribution in [3.63, 3.8) is 0 Å². The Morgan fingerprint density at radius 1 is 1.12 bits per heavy atom. The molecule has 1 aliphatic rings. The number of nitrogens with one attached hydrogen (secondary N) is 1. The van der Waals surface area contributed by atoms with E-state index in [1.807, 2.05) is 29.2 Å². The van der Waals surface area contributed by atoms with Crippen molar-refractivity contribution >= 4 is 5.91 Å². The Morgan fingerprint density at radius 2 is 1.80 bits per heavy atom. The summed E-state index contributed by atoms with van der Waals surface area (Å²) in [6.45, 7) is 6.32. The van der Waals surface area contributed by atoms with Gasteiger partial charge in [0.05, 0.1) is 13.3 Å². The first-order chi connectivity index (χ1) is 12.0. The second-order valence-corrected chi connectivity index (χ2v) is 6.69. The van der Waals surface area contributed by atoms with Gasteiger partial charge in [0.1, 0.15) is 22.9 Å². The van der Waals surface area contributed by atoms with Crippen LogP contribution in [0.2, 0.25) is 0 Å². The average molecular weight is 341 g/mol. The Kier molecular flexibility index (Phi) is 4.90. The van der Waals surface area contributed by atoms with Crippen molar-refractivity contribution in [2.24, 2.45) is 0 Å². The lowest BCUT2D eigenvalue weighted by molar-refractivity contribution is 0.0646. The topological polar surface area (TPSA) is 63.7 Å². The number of hydrogen-bond donors (Lipinski definition) is 1. The molecule has 1 amide bonds. The summed E-state index contributed by atoms with van der Waals surface area (Å²) in [6.07, 6.45) is 1.57. The number of rotatable bonds is 4. The average Bonchev–Trinajstić information content (AvgIpc) is 2.61. The van der Waals surface area contributed by atoms with Gasteiger partial charge in [0.15, 0.2) is 0 Å². The van der Waals surface area contributed by atoms with Crippen LogP contribution in [0.5, 0.6) is 17.2 Å². The third-order valence-corrected chi connectivity index (χ3v) is 4.11. The van der Waals surface area contributed by atoms with E-state index in [1.54, 1.807) is 25.4 Å². The summed E-state index contributed by atoms with van der Waals surface area (Å²) in [5, 5.41) is 3.40. The normalized spacial score (nSPS) is 16.4. The lowest BCUT2D eigenvalue weighted by Gasteiger charge is -2.38. The van der Waals surface area contributed by atoms with E-state index in [4.69, 9.17) is 9.47 Å². The number of methoxy groups -OCH3 is 1. The fourth-order valence-corrected chi connectivity index (χ4v) is 2.82. The fourth-order valence-electron chi connectivity index (χ4n) is 2.82. The summed E-state index contributed by atoms with van der Waals surface area (Å²) < 4.78 is 10.9. The molecule has 1 saturated heterocycles. The Bertz CT molecular complexity index is 727. The van der Waals surface area contributed by atoms with Gasteiger partial charge in [-0.3, -0.25) is 4.79 Å². The number of nitrogens with zero attached hydrogens (tertiary/aromatic N) is 2. The van der Waals surface area contributed by atoms with Crippen molar-refractivity contribution in [1.82, 2.24) is 15.2 Å². The minimum Gasteiger partial charge on any atom is -0.497 e. The summed E-state index contributed by atoms with van der Waals surface area (Å²) >= 11 is 0. The molecular formula is C19H23N3O3. The van der Waals surface area contributed by atoms with Crippen LogP contribution in [0.1, 0.15) is 24.3 Å². The Hall–Kier alpha value is -2.60. The van der Waals surface area contributed by atoms with Gasteiger partial charge in [-0.05, 0) is 50.2 Å². The van der Waals surface area contributed by atoms with Crippen molar-refractivity contribution in [1.29, 1.82) is 0 Å². The van der Waals surface area contributed by atoms with Gasteiger partial charge in [-0.15, -0.1) is 0 Å². The first-order valence-corrected chi connectivity index (χ1v) is 8.29. The van der Waals surface area contributed by atoms with Crippen LogP contribution in [-0.4, -0.2) is 48.1 Å². The molecule has 1 aromatic carbocycles. The molecule has 2 aromatic rings. The molecule has 0 atom stereocenters. The summed E-state index contributed by atoms with van der Waals surface area (Å²) in [4.78, 5) is 18.7. The fraction of sp³-hybridized carbons (Fsp3) is 0.368. The highest BCUT2D eigenvalue weighted by Crippen LogP contribution is 2.23. The quantitative estimate of drug-likeness (QED) is 0.926. The van der Waals surface area contributed by atoms with E-state index in [0.717, 1.165) is 12.3 Å². The Labute approximate surface area is 147 Å². The zero-order valence-electron chi connectivity index (χ0n) is 14.8. The van der Waals surface area contributed by atoms with E-state index in [-0.39, 0.29) is 11.4 Å². The zero-order chi connectivity index (χ0) is 17.9. The second kappa shape index (κ2) is 7.11. The van der Waals surface area contributed by atoms with Crippen LogP contribution in [0.3, 0.4) is 0 Å². The third kappa shape index (κ3) is 4.28. The highest BCUT2D eigenvalue weighted by Gasteiger charge is 2.29. The van der Waals surface area contributed by atoms with Gasteiger partial charge in [-0.25, -0.2) is 4.98 Å². The third-order valence-electron chi connectivity index (χ3n) is 4.11. The molecule has 3 rings (SSSR count). The number of ether oxygens (including phenoxy) is 2. The van der Waals surface area contributed by atoms with Gasteiger partial charge in [0.25, 0.3) is 5.91 Å². The molecule has 1 aliphatic heterocycles. The second-order valence-electron chi connectivity index (χ2n) is 6.69. The number of aromatic nitrogens is 1. The SMILES string of the molecule is COc1ccc(Oc2ccc(C(=O)N3CCNC(C)(C)C3)nc2)cc1. The van der Waals surface area contributed by atoms with Gasteiger partial charge in [0, 0.05) is 25.2 Å². The predicted molar refractivity (Wildman–Crippen MR) is 95.3 cm³/mol. The lowest BCUT2D eigenvalue weighted by atomic mass is 10.0. The molecule has 25 heavy (non-hydrogen) atoms. The van der Waals surface area contributed by atoms with E-state index in [0.29, 0.717) is 30.3 Å². The summed E-state index contributed by atoms with van der Waals surface area (Å²) in [6, 6.07) is 10.8. The number of hydrogen-bond acceptors (Lipinski definition) is 5. The molecule has 1 fully saturated rings. The van der Waals surface area contributed by atoms with Crippen LogP contribution >= 0.6 is 0 Å². The van der Waals surface area contributed by atoms with E-state index in [9.17, 15) is 4.79 Å². The summed E-state index contributed by atoms with van der Waals surface area (Å²) in [5.41, 5.74) is 0.352. The number of piperazine rings is 1. The molecule has 6 nitrogen and oxygen atoms in total. The Balaban J connectivity index is 1.66. The molecule has 0 unspecified atom stereocenters. The standard InChI is InChI=1S/C19H23N3O3/c1-19(2)13-22(11-10-21-19)18(23)17-9-8-16(12-20-17)25-15-6-4-14(24-3)5-7-15/h4-9,12,21H,10-11,13H2,1-3H3. The molecule has 6 heteroatoms. The number of pyridine rings is 1. The maximum absolute atomic E-state index is 12.6. The van der Waals surface area contributed by atoms with Crippen LogP contribution in [0.25, 0.3) is 0 Å². The molecule has 0 bridgehead atoms. The smallest absolute Gasteiger partial charge is 0.272 e. The molecule has 0 spiro atoms. The van der Waals surface area contributed by atoms with E-state index in [2.05, 4.69) is 24.1 Å².